The Hall–Kier alpha value is -13.1. The number of rotatable bonds is 31. The average Bonchev–Trinajstić information content (AvgIpc) is 1.61. The van der Waals surface area contributed by atoms with Crippen LogP contribution in [-0.4, -0.2) is 318 Å². The summed E-state index contributed by atoms with van der Waals surface area (Å²) in [5, 5.41) is 70.3. The number of nitrogens with zero attached hydrogens (tertiary/aromatic N) is 6. The van der Waals surface area contributed by atoms with E-state index in [1.54, 1.807) is 18.3 Å². The smallest absolute Gasteiger partial charge is 0.305 e. The number of phenolic OH excluding ortho intramolecular Hbond substituents is 1. The van der Waals surface area contributed by atoms with E-state index in [1.807, 2.05) is 55.6 Å². The number of nitrogens with two attached hydrogens (primary N) is 4. The van der Waals surface area contributed by atoms with E-state index >= 15 is 43.2 Å². The molecule has 3 fully saturated rings. The molecular weight excluding hydrogens is 1850 g/mol. The number of aromatic hydroxyl groups is 1. The molecule has 9 rings (SSSR count). The number of guanidine groups is 1. The fourth-order valence-corrected chi connectivity index (χ4v) is 19.4. The Morgan fingerprint density at radius 3 is 1.82 bits per heavy atom. The van der Waals surface area contributed by atoms with Crippen LogP contribution in [0.5, 0.6) is 5.75 Å². The maximum atomic E-state index is 16.0. The van der Waals surface area contributed by atoms with Gasteiger partial charge in [-0.05, 0) is 155 Å². The number of aliphatic carboxylic acids is 1. The van der Waals surface area contributed by atoms with Gasteiger partial charge >= 0.3 is 5.97 Å². The summed E-state index contributed by atoms with van der Waals surface area (Å²) >= 11 is 2.15. The molecule has 0 bridgehead atoms. The van der Waals surface area contributed by atoms with Crippen LogP contribution in [0, 0.1) is 11.3 Å². The third-order valence-corrected chi connectivity index (χ3v) is 27.5. The number of hydrogen-bond acceptors (Lipinski definition) is 25. The Kier molecular flexibility index (Phi) is 43.0. The Morgan fingerprint density at radius 1 is 0.564 bits per heavy atom. The first kappa shape index (κ1) is 110. The van der Waals surface area contributed by atoms with Gasteiger partial charge in [-0.15, -0.1) is 23.1 Å². The van der Waals surface area contributed by atoms with E-state index in [4.69, 9.17) is 28.3 Å². The first-order valence-electron chi connectivity index (χ1n) is 47.6. The van der Waals surface area contributed by atoms with Crippen molar-refractivity contribution in [2.24, 2.45) is 28.9 Å². The number of H-pyrrole nitrogens is 2. The van der Waals surface area contributed by atoms with Crippen LogP contribution in [0.25, 0.3) is 21.0 Å². The molecule has 0 saturated carbocycles. The van der Waals surface area contributed by atoms with Crippen molar-refractivity contribution in [2.75, 3.05) is 71.9 Å². The number of benzene rings is 3. The Morgan fingerprint density at radius 2 is 1.16 bits per heavy atom. The number of ketones is 1. The van der Waals surface area contributed by atoms with Gasteiger partial charge in [0, 0.05) is 113 Å². The van der Waals surface area contributed by atoms with Crippen molar-refractivity contribution < 1.29 is 96.8 Å². The van der Waals surface area contributed by atoms with Crippen molar-refractivity contribution in [3.8, 4) is 5.75 Å². The number of aromatic nitrogens is 3. The number of carboxylic acids is 1. The third kappa shape index (κ3) is 31.7. The molecule has 15 atom stereocenters. The van der Waals surface area contributed by atoms with Crippen molar-refractivity contribution in [1.82, 2.24) is 92.6 Å². The summed E-state index contributed by atoms with van der Waals surface area (Å²) < 4.78 is 0.847. The van der Waals surface area contributed by atoms with Crippen LogP contribution >= 0.6 is 23.1 Å². The number of fused-ring (bicyclic) bond motifs is 4. The minimum atomic E-state index is -1.91. The molecule has 3 aliphatic rings. The summed E-state index contributed by atoms with van der Waals surface area (Å²) in [6, 6.07) is 0.412. The van der Waals surface area contributed by atoms with E-state index in [9.17, 15) is 53.7 Å². The lowest BCUT2D eigenvalue weighted by atomic mass is 9.90. The molecule has 45 heteroatoms. The average molecular weight is 1980 g/mol. The number of para-hydroxylation sites is 1. The number of nitrogens with one attached hydrogen (secondary N) is 13. The molecular formula is C95H135N23O20S2. The zero-order chi connectivity index (χ0) is 102. The monoisotopic (exact) mass is 1980 g/mol. The highest BCUT2D eigenvalue weighted by Crippen LogP contribution is 2.32. The van der Waals surface area contributed by atoms with Gasteiger partial charge in [-0.1, -0.05) is 88.1 Å². The number of carboxylic acid groups (broad SMARTS) is 1. The van der Waals surface area contributed by atoms with E-state index in [2.05, 4.69) is 68.1 Å². The van der Waals surface area contributed by atoms with Gasteiger partial charge in [0.2, 0.25) is 88.6 Å². The van der Waals surface area contributed by atoms with Crippen molar-refractivity contribution >= 4 is 150 Å². The van der Waals surface area contributed by atoms with Crippen LogP contribution in [0.15, 0.2) is 96.9 Å². The maximum Gasteiger partial charge on any atom is 0.305 e. The molecule has 3 aromatic carbocycles. The quantitative estimate of drug-likeness (QED) is 0.0151. The van der Waals surface area contributed by atoms with E-state index in [0.717, 1.165) is 36.5 Å². The highest BCUT2D eigenvalue weighted by atomic mass is 32.2. The van der Waals surface area contributed by atoms with Gasteiger partial charge in [-0.3, -0.25) is 86.9 Å². The molecule has 0 unspecified atom stereocenters. The van der Waals surface area contributed by atoms with Gasteiger partial charge in [0.1, 0.15) is 78.3 Å². The maximum absolute atomic E-state index is 16.0. The lowest BCUT2D eigenvalue weighted by molar-refractivity contribution is -0.149. The summed E-state index contributed by atoms with van der Waals surface area (Å²) in [4.78, 5) is 269. The van der Waals surface area contributed by atoms with Crippen molar-refractivity contribution in [3.63, 3.8) is 0 Å². The lowest BCUT2D eigenvalue weighted by Crippen LogP contribution is -2.60. The van der Waals surface area contributed by atoms with Crippen molar-refractivity contribution in [2.45, 2.75) is 253 Å². The number of carbonyl (C=O) groups is 17. The summed E-state index contributed by atoms with van der Waals surface area (Å²) in [6.45, 7) is 3.98. The van der Waals surface area contributed by atoms with Gasteiger partial charge in [0.25, 0.3) is 0 Å². The van der Waals surface area contributed by atoms with Crippen LogP contribution in [0.4, 0.5) is 0 Å². The number of aliphatic hydroxyl groups is 1. The molecule has 3 saturated heterocycles. The number of amides is 15. The molecule has 762 valence electrons. The van der Waals surface area contributed by atoms with E-state index in [0.29, 0.717) is 66.1 Å². The molecule has 15 amide bonds. The minimum Gasteiger partial charge on any atom is -0.508 e. The van der Waals surface area contributed by atoms with Crippen LogP contribution in [-0.2, 0) is 107 Å². The number of Topliss-reactive ketones (excluding diaryl/α,β-unsaturated/α-hetero) is 1. The number of aromatic amines is 2. The number of likely N-dealkylation sites (N-methyl/N-ethyl adjacent to an activating group) is 3. The molecule has 0 radical (unpaired) electrons. The number of unbranched alkanes of at least 4 members (excludes halogenated alkanes) is 4. The number of imidazole rings is 1. The van der Waals surface area contributed by atoms with Gasteiger partial charge in [-0.25, -0.2) is 4.98 Å². The summed E-state index contributed by atoms with van der Waals surface area (Å²) in [7, 11) is 3.98. The van der Waals surface area contributed by atoms with Gasteiger partial charge in [0.15, 0.2) is 11.7 Å². The number of primary amides is 1. The number of phenols is 1. The van der Waals surface area contributed by atoms with Crippen molar-refractivity contribution in [3.05, 3.63) is 119 Å². The van der Waals surface area contributed by atoms with Gasteiger partial charge < -0.3 is 126 Å². The highest BCUT2D eigenvalue weighted by Gasteiger charge is 2.47. The molecule has 3 aliphatic heterocycles. The molecule has 3 aromatic heterocycles. The van der Waals surface area contributed by atoms with E-state index < -0.39 is 234 Å². The normalized spacial score (nSPS) is 24.3. The topological polar surface area (TPSA) is 660 Å². The molecule has 6 aromatic rings. The van der Waals surface area contributed by atoms with Crippen LogP contribution in [0.2, 0.25) is 0 Å². The first-order chi connectivity index (χ1) is 66.9. The third-order valence-electron chi connectivity index (χ3n) is 25.5. The lowest BCUT2D eigenvalue weighted by Gasteiger charge is -2.36. The largest absolute Gasteiger partial charge is 0.508 e. The number of aliphatic hydroxyl groups excluding tert-OH is 1. The molecule has 0 spiro atoms. The second-order valence-corrected chi connectivity index (χ2v) is 37.8. The van der Waals surface area contributed by atoms with E-state index in [-0.39, 0.29) is 134 Å². The molecule has 6 heterocycles. The first-order valence-corrected chi connectivity index (χ1v) is 49.6. The minimum absolute atomic E-state index is 0.00251. The SMILES string of the molecule is CCCC[C@H]1C(=O)N(C)[C@@H](CCCC)C(=O)N[C@@H](CCCNC(=N)N)C(=O)N[C@H](C(=O)NCC(N)=O)CSCC(=O)N[C@@H](Cc2ccc(O)cc2)C(=O)N(C)[C@@H](C)C(=O)N[C@@H](CC(=O)O)C(=O)N2CCC[C@H]2C(=O)N[C@@H](Cc2c[nH]cn2)C(=O)N[C@@H](CCCCN)C(=O)N2C[C@H](O)C[C@H]2C(=O)C[C@@H](Cc2c[nH]c3ccccc23)C(=O)N[C@@H](CCCCN)C(=O)N[C@@H](Cc2csc3ccccc23)C(=O)N1C. The second-order valence-electron chi connectivity index (χ2n) is 35.8. The zero-order valence-corrected chi connectivity index (χ0v) is 81.5. The number of hydrogen-bond donors (Lipinski definition) is 20. The van der Waals surface area contributed by atoms with Crippen LogP contribution < -0.4 is 76.1 Å². The van der Waals surface area contributed by atoms with E-state index in [1.165, 1.54) is 86.0 Å². The highest BCUT2D eigenvalue weighted by molar-refractivity contribution is 8.00. The molecule has 0 aliphatic carbocycles. The fraction of sp³-hybridized carbons (Fsp3) is 0.547. The summed E-state index contributed by atoms with van der Waals surface area (Å²) in [5.74, 6) is -18.7. The van der Waals surface area contributed by atoms with Crippen LogP contribution in [0.3, 0.4) is 0 Å². The zero-order valence-electron chi connectivity index (χ0n) is 79.9. The second kappa shape index (κ2) is 54.4. The number of thiophene rings is 1. The van der Waals surface area contributed by atoms with Gasteiger partial charge in [0.05, 0.1) is 42.9 Å². The summed E-state index contributed by atoms with van der Waals surface area (Å²) in [5.41, 5.74) is 25.7. The van der Waals surface area contributed by atoms with Crippen molar-refractivity contribution in [1.29, 1.82) is 5.41 Å². The Labute approximate surface area is 819 Å². The Balaban J connectivity index is 1.12. The standard InChI is InChI=1S/C95H135N23O20S2/c1-7-9-27-73-88(132)108-66(26-19-37-102-95(99)100)86(130)113-72(84(128)104-48-79(98)122)51-139-52-80(123)106-69(39-55-31-33-60(119)34-32-55)90(134)114(4)54(3)82(126)111-71(45-81(124)125)93(137)117-38-20-29-74(117)89(133)110-68(43-59-47-101-53-105-59)87(131)109-67(25-16-18-36-97)92(136)118-49-61(120)44-76(118)77(121)42-56(40-57-46-103-64-23-13-11-21-62(57)64)83(127)107-65(24-15-17-35-96)85(129)112-70(41-58-50-140-78-30-14-12-22-63(58)78)91(135)116(6)75(28-10-8-2)94(138)115(73)5/h11-14,21-23,30-34,46-47,50,53-54,56,61,65-76,103,119-120H,7-10,15-20,24-29,35-45,48-49,51-52,96-97H2,1-6H3,(H2,98,122)(H,101,105)(H,104,128)(H,106,123)(H,107,127)(H,108,132)(H,109,131)(H,110,133)(H,111,126)(H,112,129)(H,113,130)(H,124,125)(H4,99,100,102)/t54-,56+,61+,65-,66-,67-,68-,69-,70-,71-,72-,73-,74-,75-,76-/m0/s1. The van der Waals surface area contributed by atoms with Gasteiger partial charge in [-0.2, -0.15) is 0 Å². The predicted molar refractivity (Wildman–Crippen MR) is 522 cm³/mol. The predicted octanol–water partition coefficient (Wildman–Crippen LogP) is -0.286. The number of thioether (sulfide) groups is 1. The molecule has 140 heavy (non-hydrogen) atoms. The Bertz CT molecular complexity index is 5310. The van der Waals surface area contributed by atoms with Crippen LogP contribution in [0.1, 0.15) is 165 Å². The molecule has 43 nitrogen and oxygen atoms in total. The summed E-state index contributed by atoms with van der Waals surface area (Å²) in [6.07, 6.45) is 2.93. The number of carbonyl (C=O) groups excluding carboxylic acids is 16. The fourth-order valence-electron chi connectivity index (χ4n) is 17.6. The molecule has 24 N–H and O–H groups in total.